The average molecular weight is 226 g/mol. The lowest BCUT2D eigenvalue weighted by atomic mass is 10.1. The highest BCUT2D eigenvalue weighted by molar-refractivity contribution is 7.99. The van der Waals surface area contributed by atoms with Gasteiger partial charge in [-0.1, -0.05) is 19.1 Å². The molecule has 0 aromatic heterocycles. The average Bonchev–Trinajstić information content (AvgIpc) is 2.27. The Morgan fingerprint density at radius 3 is 2.60 bits per heavy atom. The Bertz CT molecular complexity index is 259. The first-order chi connectivity index (χ1) is 7.36. The number of benzene rings is 1. The SMILES string of the molecule is CCSCCOc1ccc(CCO)cc1. The summed E-state index contributed by atoms with van der Waals surface area (Å²) in [4.78, 5) is 0. The third-order valence-electron chi connectivity index (χ3n) is 2.02. The molecule has 0 saturated carbocycles. The second-order valence-electron chi connectivity index (χ2n) is 3.16. The highest BCUT2D eigenvalue weighted by Crippen LogP contribution is 2.12. The summed E-state index contributed by atoms with van der Waals surface area (Å²) < 4.78 is 5.56. The number of ether oxygens (including phenoxy) is 1. The highest BCUT2D eigenvalue weighted by Gasteiger charge is 1.95. The first kappa shape index (κ1) is 12.4. The Balaban J connectivity index is 2.29. The summed E-state index contributed by atoms with van der Waals surface area (Å²) in [7, 11) is 0. The molecule has 1 rings (SSSR count). The van der Waals surface area contributed by atoms with Crippen LogP contribution in [0.3, 0.4) is 0 Å². The Hall–Kier alpha value is -0.670. The van der Waals surface area contributed by atoms with Gasteiger partial charge in [0.05, 0.1) is 6.61 Å². The van der Waals surface area contributed by atoms with Crippen molar-refractivity contribution in [3.05, 3.63) is 29.8 Å². The molecule has 1 aromatic carbocycles. The zero-order valence-electron chi connectivity index (χ0n) is 9.11. The fourth-order valence-electron chi connectivity index (χ4n) is 1.24. The highest BCUT2D eigenvalue weighted by atomic mass is 32.2. The Morgan fingerprint density at radius 2 is 2.00 bits per heavy atom. The van der Waals surface area contributed by atoms with E-state index >= 15 is 0 Å². The molecule has 0 heterocycles. The molecule has 1 aromatic rings. The lowest BCUT2D eigenvalue weighted by Gasteiger charge is -2.06. The third-order valence-corrected chi connectivity index (χ3v) is 2.89. The Morgan fingerprint density at radius 1 is 1.27 bits per heavy atom. The fourth-order valence-corrected chi connectivity index (χ4v) is 1.73. The molecule has 15 heavy (non-hydrogen) atoms. The molecule has 2 nitrogen and oxygen atoms in total. The maximum atomic E-state index is 8.76. The molecule has 0 aliphatic rings. The molecular weight excluding hydrogens is 208 g/mol. The van der Waals surface area contributed by atoms with Gasteiger partial charge in [0.2, 0.25) is 0 Å². The number of rotatable bonds is 7. The zero-order valence-corrected chi connectivity index (χ0v) is 9.93. The quantitative estimate of drug-likeness (QED) is 0.724. The second-order valence-corrected chi connectivity index (χ2v) is 4.56. The molecule has 0 aliphatic carbocycles. The van der Waals surface area contributed by atoms with Crippen molar-refractivity contribution in [3.63, 3.8) is 0 Å². The molecule has 0 atom stereocenters. The summed E-state index contributed by atoms with van der Waals surface area (Å²) in [6, 6.07) is 7.92. The monoisotopic (exact) mass is 226 g/mol. The van der Waals surface area contributed by atoms with Gasteiger partial charge in [-0.2, -0.15) is 11.8 Å². The first-order valence-corrected chi connectivity index (χ1v) is 6.42. The van der Waals surface area contributed by atoms with Gasteiger partial charge >= 0.3 is 0 Å². The molecule has 0 aliphatic heterocycles. The molecule has 1 N–H and O–H groups in total. The third kappa shape index (κ3) is 5.09. The van der Waals surface area contributed by atoms with Gasteiger partial charge in [0.1, 0.15) is 5.75 Å². The Labute approximate surface area is 95.7 Å². The van der Waals surface area contributed by atoms with Crippen molar-refractivity contribution in [1.82, 2.24) is 0 Å². The maximum absolute atomic E-state index is 8.76. The topological polar surface area (TPSA) is 29.5 Å². The summed E-state index contributed by atoms with van der Waals surface area (Å²) in [5.74, 6) is 3.08. The molecule has 0 fully saturated rings. The number of thioether (sulfide) groups is 1. The van der Waals surface area contributed by atoms with Gasteiger partial charge in [0, 0.05) is 12.4 Å². The lowest BCUT2D eigenvalue weighted by Crippen LogP contribution is -2.00. The lowest BCUT2D eigenvalue weighted by molar-refractivity contribution is 0.299. The van der Waals surface area contributed by atoms with Crippen molar-refractivity contribution < 1.29 is 9.84 Å². The van der Waals surface area contributed by atoms with Gasteiger partial charge < -0.3 is 9.84 Å². The second kappa shape index (κ2) is 7.60. The standard InChI is InChI=1S/C12H18O2S/c1-2-15-10-9-14-12-5-3-11(4-6-12)7-8-13/h3-6,13H,2,7-10H2,1H3. The van der Waals surface area contributed by atoms with Crippen LogP contribution in [0, 0.1) is 0 Å². The van der Waals surface area contributed by atoms with Crippen LogP contribution in [0.2, 0.25) is 0 Å². The maximum Gasteiger partial charge on any atom is 0.119 e. The molecule has 0 amide bonds. The minimum atomic E-state index is 0.202. The van der Waals surface area contributed by atoms with Crippen LogP contribution in [0.1, 0.15) is 12.5 Å². The van der Waals surface area contributed by atoms with Crippen LogP contribution >= 0.6 is 11.8 Å². The van der Waals surface area contributed by atoms with Crippen LogP contribution in [-0.4, -0.2) is 29.8 Å². The van der Waals surface area contributed by atoms with Crippen molar-refractivity contribution in [2.24, 2.45) is 0 Å². The summed E-state index contributed by atoms with van der Waals surface area (Å²) in [6.45, 7) is 3.11. The molecular formula is C12H18O2S. The zero-order chi connectivity index (χ0) is 10.9. The van der Waals surface area contributed by atoms with E-state index in [1.807, 2.05) is 36.0 Å². The van der Waals surface area contributed by atoms with E-state index in [1.54, 1.807) is 0 Å². The van der Waals surface area contributed by atoms with Crippen LogP contribution in [0.15, 0.2) is 24.3 Å². The minimum Gasteiger partial charge on any atom is -0.493 e. The van der Waals surface area contributed by atoms with Crippen LogP contribution in [0.5, 0.6) is 5.75 Å². The fraction of sp³-hybridized carbons (Fsp3) is 0.500. The van der Waals surface area contributed by atoms with E-state index in [-0.39, 0.29) is 6.61 Å². The minimum absolute atomic E-state index is 0.202. The van der Waals surface area contributed by atoms with Gasteiger partial charge in [0.15, 0.2) is 0 Å². The first-order valence-electron chi connectivity index (χ1n) is 5.27. The van der Waals surface area contributed by atoms with Gasteiger partial charge in [-0.25, -0.2) is 0 Å². The van der Waals surface area contributed by atoms with Gasteiger partial charge in [-0.05, 0) is 29.9 Å². The number of aliphatic hydroxyl groups excluding tert-OH is 1. The van der Waals surface area contributed by atoms with E-state index in [0.717, 1.165) is 29.4 Å². The Kier molecular flexibility index (Phi) is 6.28. The summed E-state index contributed by atoms with van der Waals surface area (Å²) in [5.41, 5.74) is 1.15. The van der Waals surface area contributed by atoms with E-state index in [0.29, 0.717) is 6.42 Å². The van der Waals surface area contributed by atoms with Gasteiger partial charge in [0.25, 0.3) is 0 Å². The smallest absolute Gasteiger partial charge is 0.119 e. The van der Waals surface area contributed by atoms with E-state index in [4.69, 9.17) is 9.84 Å². The predicted octanol–water partition coefficient (Wildman–Crippen LogP) is 2.35. The predicted molar refractivity (Wildman–Crippen MR) is 65.7 cm³/mol. The largest absolute Gasteiger partial charge is 0.493 e. The molecule has 3 heteroatoms. The molecule has 0 unspecified atom stereocenters. The van der Waals surface area contributed by atoms with Crippen LogP contribution in [0.4, 0.5) is 0 Å². The number of aliphatic hydroxyl groups is 1. The molecule has 0 bridgehead atoms. The van der Waals surface area contributed by atoms with Crippen LogP contribution in [0.25, 0.3) is 0 Å². The summed E-state index contributed by atoms with van der Waals surface area (Å²) >= 11 is 1.88. The van der Waals surface area contributed by atoms with E-state index in [9.17, 15) is 0 Å². The van der Waals surface area contributed by atoms with Crippen LogP contribution in [-0.2, 0) is 6.42 Å². The number of hydrogen-bond acceptors (Lipinski definition) is 3. The molecule has 0 radical (unpaired) electrons. The summed E-state index contributed by atoms with van der Waals surface area (Å²) in [6.07, 6.45) is 0.714. The van der Waals surface area contributed by atoms with Gasteiger partial charge in [-0.15, -0.1) is 0 Å². The number of hydrogen-bond donors (Lipinski definition) is 1. The van der Waals surface area contributed by atoms with Crippen molar-refractivity contribution in [1.29, 1.82) is 0 Å². The van der Waals surface area contributed by atoms with Crippen molar-refractivity contribution in [3.8, 4) is 5.75 Å². The van der Waals surface area contributed by atoms with Crippen molar-refractivity contribution >= 4 is 11.8 Å². The molecule has 84 valence electrons. The molecule has 0 spiro atoms. The normalized spacial score (nSPS) is 10.3. The van der Waals surface area contributed by atoms with E-state index in [1.165, 1.54) is 0 Å². The van der Waals surface area contributed by atoms with E-state index in [2.05, 4.69) is 6.92 Å². The van der Waals surface area contributed by atoms with E-state index < -0.39 is 0 Å². The summed E-state index contributed by atoms with van der Waals surface area (Å²) in [5, 5.41) is 8.76. The van der Waals surface area contributed by atoms with Gasteiger partial charge in [-0.3, -0.25) is 0 Å². The van der Waals surface area contributed by atoms with Crippen LogP contribution < -0.4 is 4.74 Å². The van der Waals surface area contributed by atoms with Crippen molar-refractivity contribution in [2.75, 3.05) is 24.7 Å². The molecule has 0 saturated heterocycles. The van der Waals surface area contributed by atoms with Crippen molar-refractivity contribution in [2.45, 2.75) is 13.3 Å².